The Hall–Kier alpha value is -1.40. The third-order valence-corrected chi connectivity index (χ3v) is 5.15. The smallest absolute Gasteiger partial charge is 0.245 e. The molecule has 0 aromatic carbocycles. The molecule has 0 bridgehead atoms. The minimum absolute atomic E-state index is 0.791. The fourth-order valence-electron chi connectivity index (χ4n) is 2.80. The third-order valence-electron chi connectivity index (χ3n) is 4.13. The van der Waals surface area contributed by atoms with E-state index in [1.165, 1.54) is 23.3 Å². The Labute approximate surface area is 129 Å². The lowest BCUT2D eigenvalue weighted by Gasteiger charge is -2.31. The maximum atomic E-state index is 4.68. The second kappa shape index (κ2) is 6.58. The van der Waals surface area contributed by atoms with Crippen LogP contribution < -0.4 is 10.2 Å². The number of thiophene rings is 1. The van der Waals surface area contributed by atoms with Crippen LogP contribution in [-0.2, 0) is 0 Å². The van der Waals surface area contributed by atoms with Gasteiger partial charge in [0, 0.05) is 13.1 Å². The Balaban J connectivity index is 1.62. The molecule has 0 amide bonds. The number of aryl methyl sites for hydroxylation is 1. The molecular weight excluding hydrogens is 282 g/mol. The molecule has 2 N–H and O–H groups in total. The van der Waals surface area contributed by atoms with Crippen molar-refractivity contribution in [1.29, 1.82) is 0 Å². The number of aromatic nitrogens is 3. The highest BCUT2D eigenvalue weighted by Gasteiger charge is 2.22. The normalized spacial score (nSPS) is 16.6. The zero-order valence-corrected chi connectivity index (χ0v) is 13.5. The molecule has 0 radical (unpaired) electrons. The predicted molar refractivity (Wildman–Crippen MR) is 87.9 cm³/mol. The molecule has 21 heavy (non-hydrogen) atoms. The minimum Gasteiger partial charge on any atom is -0.340 e. The number of hydrogen-bond acceptors (Lipinski definition) is 5. The van der Waals surface area contributed by atoms with Gasteiger partial charge in [-0.15, -0.1) is 16.4 Å². The van der Waals surface area contributed by atoms with Gasteiger partial charge in [-0.2, -0.15) is 4.98 Å². The van der Waals surface area contributed by atoms with E-state index >= 15 is 0 Å². The van der Waals surface area contributed by atoms with Gasteiger partial charge in [0.25, 0.3) is 0 Å². The van der Waals surface area contributed by atoms with Crippen molar-refractivity contribution < 1.29 is 0 Å². The van der Waals surface area contributed by atoms with Gasteiger partial charge in [0.2, 0.25) is 5.95 Å². The van der Waals surface area contributed by atoms with E-state index in [4.69, 9.17) is 0 Å². The second-order valence-electron chi connectivity index (χ2n) is 5.65. The van der Waals surface area contributed by atoms with Crippen molar-refractivity contribution in [3.63, 3.8) is 0 Å². The minimum atomic E-state index is 0.791. The first kappa shape index (κ1) is 14.5. The van der Waals surface area contributed by atoms with Gasteiger partial charge in [0.1, 0.15) is 0 Å². The highest BCUT2D eigenvalue weighted by Crippen LogP contribution is 2.28. The molecule has 0 unspecified atom stereocenters. The Morgan fingerprint density at radius 3 is 2.90 bits per heavy atom. The Kier molecular flexibility index (Phi) is 4.55. The largest absolute Gasteiger partial charge is 0.340 e. The van der Waals surface area contributed by atoms with Gasteiger partial charge < -0.3 is 10.2 Å². The Morgan fingerprint density at radius 1 is 1.43 bits per heavy atom. The van der Waals surface area contributed by atoms with Gasteiger partial charge in [-0.25, -0.2) is 0 Å². The third kappa shape index (κ3) is 3.27. The summed E-state index contributed by atoms with van der Waals surface area (Å²) < 4.78 is 0. The van der Waals surface area contributed by atoms with E-state index in [1.54, 1.807) is 11.3 Å². The van der Waals surface area contributed by atoms with E-state index in [0.717, 1.165) is 43.9 Å². The molecule has 5 nitrogen and oxygen atoms in total. The molecular formula is C15H23N5S. The van der Waals surface area contributed by atoms with Gasteiger partial charge in [0.05, 0.1) is 4.88 Å². The Morgan fingerprint density at radius 2 is 2.24 bits per heavy atom. The molecule has 1 saturated heterocycles. The van der Waals surface area contributed by atoms with Gasteiger partial charge >= 0.3 is 0 Å². The van der Waals surface area contributed by atoms with Gasteiger partial charge in [-0.1, -0.05) is 6.92 Å². The van der Waals surface area contributed by atoms with E-state index in [-0.39, 0.29) is 0 Å². The van der Waals surface area contributed by atoms with Crippen LogP contribution >= 0.6 is 11.3 Å². The van der Waals surface area contributed by atoms with Crippen molar-refractivity contribution in [2.24, 2.45) is 5.92 Å². The van der Waals surface area contributed by atoms with E-state index in [0.29, 0.717) is 0 Å². The van der Waals surface area contributed by atoms with Gasteiger partial charge in [-0.05, 0) is 55.8 Å². The number of hydrogen-bond donors (Lipinski definition) is 2. The first-order valence-corrected chi connectivity index (χ1v) is 8.58. The van der Waals surface area contributed by atoms with Crippen molar-refractivity contribution >= 4 is 17.3 Å². The first-order chi connectivity index (χ1) is 10.3. The van der Waals surface area contributed by atoms with Gasteiger partial charge in [0.15, 0.2) is 5.82 Å². The number of piperidine rings is 1. The van der Waals surface area contributed by atoms with Crippen LogP contribution in [0.1, 0.15) is 25.3 Å². The highest BCUT2D eigenvalue weighted by atomic mass is 32.1. The van der Waals surface area contributed by atoms with Crippen molar-refractivity contribution in [2.75, 3.05) is 31.1 Å². The highest BCUT2D eigenvalue weighted by molar-refractivity contribution is 7.13. The molecule has 3 rings (SSSR count). The van der Waals surface area contributed by atoms with Crippen LogP contribution in [0.25, 0.3) is 10.7 Å². The lowest BCUT2D eigenvalue weighted by atomic mass is 9.97. The molecule has 6 heteroatoms. The van der Waals surface area contributed by atoms with E-state index in [1.807, 2.05) is 0 Å². The number of H-pyrrole nitrogens is 1. The zero-order chi connectivity index (χ0) is 14.7. The van der Waals surface area contributed by atoms with Crippen LogP contribution in [0.15, 0.2) is 11.4 Å². The Bertz CT molecular complexity index is 568. The quantitative estimate of drug-likeness (QED) is 0.892. The van der Waals surface area contributed by atoms with Crippen LogP contribution in [0.4, 0.5) is 5.95 Å². The first-order valence-electron chi connectivity index (χ1n) is 7.70. The number of nitrogens with zero attached hydrogens (tertiary/aromatic N) is 3. The topological polar surface area (TPSA) is 56.8 Å². The number of aromatic amines is 1. The average molecular weight is 305 g/mol. The molecule has 2 aromatic rings. The van der Waals surface area contributed by atoms with Crippen molar-refractivity contribution in [3.8, 4) is 10.7 Å². The SMILES string of the molecule is CCNCC1CCN(c2n[nH]c(-c3sccc3C)n2)CC1. The second-order valence-corrected chi connectivity index (χ2v) is 6.57. The number of nitrogens with one attached hydrogen (secondary N) is 2. The summed E-state index contributed by atoms with van der Waals surface area (Å²) in [4.78, 5) is 8.17. The van der Waals surface area contributed by atoms with Crippen LogP contribution in [-0.4, -0.2) is 41.4 Å². The van der Waals surface area contributed by atoms with Gasteiger partial charge in [-0.3, -0.25) is 5.10 Å². The van der Waals surface area contributed by atoms with E-state index < -0.39 is 0 Å². The summed E-state index contributed by atoms with van der Waals surface area (Å²) in [6.45, 7) is 8.58. The lowest BCUT2D eigenvalue weighted by Crippen LogP contribution is -2.37. The summed E-state index contributed by atoms with van der Waals surface area (Å²) in [5, 5.41) is 13.0. The monoisotopic (exact) mass is 305 g/mol. The molecule has 3 heterocycles. The molecule has 0 aliphatic carbocycles. The fraction of sp³-hybridized carbons (Fsp3) is 0.600. The fourth-order valence-corrected chi connectivity index (χ4v) is 3.66. The summed E-state index contributed by atoms with van der Waals surface area (Å²) >= 11 is 1.71. The van der Waals surface area contributed by atoms with Crippen molar-refractivity contribution in [3.05, 3.63) is 17.0 Å². The van der Waals surface area contributed by atoms with Crippen molar-refractivity contribution in [1.82, 2.24) is 20.5 Å². The molecule has 0 saturated carbocycles. The number of anilines is 1. The zero-order valence-electron chi connectivity index (χ0n) is 12.7. The average Bonchev–Trinajstić information content (AvgIpc) is 3.14. The standard InChI is InChI=1S/C15H23N5S/c1-3-16-10-12-4-7-20(8-5-12)15-17-14(18-19-15)13-11(2)6-9-21-13/h6,9,12,16H,3-5,7-8,10H2,1-2H3,(H,17,18,19). The maximum Gasteiger partial charge on any atom is 0.245 e. The van der Waals surface area contributed by atoms with E-state index in [9.17, 15) is 0 Å². The summed E-state index contributed by atoms with van der Waals surface area (Å²) in [6, 6.07) is 2.12. The molecule has 114 valence electrons. The number of rotatable bonds is 5. The maximum absolute atomic E-state index is 4.68. The summed E-state index contributed by atoms with van der Waals surface area (Å²) in [5.41, 5.74) is 1.26. The van der Waals surface area contributed by atoms with Crippen molar-refractivity contribution in [2.45, 2.75) is 26.7 Å². The summed E-state index contributed by atoms with van der Waals surface area (Å²) in [5.74, 6) is 2.53. The van der Waals surface area contributed by atoms with Crippen LogP contribution in [0.3, 0.4) is 0 Å². The summed E-state index contributed by atoms with van der Waals surface area (Å²) in [6.07, 6.45) is 2.43. The molecule has 0 spiro atoms. The molecule has 1 aliphatic rings. The van der Waals surface area contributed by atoms with Crippen LogP contribution in [0, 0.1) is 12.8 Å². The molecule has 2 aromatic heterocycles. The lowest BCUT2D eigenvalue weighted by molar-refractivity contribution is 0.384. The predicted octanol–water partition coefficient (Wildman–Crippen LogP) is 2.67. The van der Waals surface area contributed by atoms with E-state index in [2.05, 4.69) is 50.7 Å². The molecule has 1 fully saturated rings. The van der Waals surface area contributed by atoms with Crippen LogP contribution in [0.5, 0.6) is 0 Å². The molecule has 0 atom stereocenters. The summed E-state index contributed by atoms with van der Waals surface area (Å²) in [7, 11) is 0. The molecule has 1 aliphatic heterocycles. The van der Waals surface area contributed by atoms with Crippen LogP contribution in [0.2, 0.25) is 0 Å².